The number of rotatable bonds is 4. The first-order valence-electron chi connectivity index (χ1n) is 11.6. The smallest absolute Gasteiger partial charge is 0.344 e. The molecule has 5 rings (SSSR count). The Bertz CT molecular complexity index is 1010. The van der Waals surface area contributed by atoms with Gasteiger partial charge in [-0.25, -0.2) is 4.79 Å². The molecule has 1 saturated carbocycles. The molecule has 33 heavy (non-hydrogen) atoms. The molecule has 3 aliphatic rings. The van der Waals surface area contributed by atoms with Crippen molar-refractivity contribution >= 4 is 23.5 Å². The van der Waals surface area contributed by atoms with Crippen LogP contribution in [0.5, 0.6) is 0 Å². The van der Waals surface area contributed by atoms with E-state index in [-0.39, 0.29) is 11.9 Å². The van der Waals surface area contributed by atoms with Crippen molar-refractivity contribution in [2.75, 3.05) is 46.4 Å². The van der Waals surface area contributed by atoms with Crippen LogP contribution in [0.4, 0.5) is 4.79 Å². The quantitative estimate of drug-likeness (QED) is 0.685. The molecule has 2 aromatic rings. The van der Waals surface area contributed by atoms with Gasteiger partial charge in [0, 0.05) is 50.0 Å². The molecule has 9 heteroatoms. The maximum Gasteiger partial charge on any atom is 0.344 e. The maximum absolute atomic E-state index is 13.0. The third-order valence-corrected chi connectivity index (χ3v) is 7.69. The first-order valence-corrected chi connectivity index (χ1v) is 12.0. The monoisotopic (exact) mass is 471 g/mol. The van der Waals surface area contributed by atoms with E-state index in [1.807, 2.05) is 23.1 Å². The van der Waals surface area contributed by atoms with E-state index >= 15 is 0 Å². The summed E-state index contributed by atoms with van der Waals surface area (Å²) >= 11 is 6.34. The zero-order valence-electron chi connectivity index (χ0n) is 18.9. The number of benzene rings is 1. The number of ether oxygens (including phenoxy) is 1. The number of carbonyl (C=O) groups excluding carboxylic acids is 2. The van der Waals surface area contributed by atoms with E-state index in [1.54, 1.807) is 11.1 Å². The van der Waals surface area contributed by atoms with Gasteiger partial charge in [0.1, 0.15) is 0 Å². The number of nitrogens with zero attached hydrogens (tertiary/aromatic N) is 5. The Morgan fingerprint density at radius 1 is 1.12 bits per heavy atom. The molecule has 176 valence electrons. The fraction of sp³-hybridized carbons (Fsp3) is 0.542. The third-order valence-electron chi connectivity index (χ3n) is 7.32. The Hall–Kier alpha value is -2.42. The summed E-state index contributed by atoms with van der Waals surface area (Å²) in [6, 6.07) is 8.35. The SMILES string of the molecule is CN(Cc1ccccc1Cl)[C@H]1C[C@@H]2CN(C(=O)n3cc(C(=O)N4CCOCC4)cn3)C[C@@H]2C1. The van der Waals surface area contributed by atoms with Gasteiger partial charge in [-0.3, -0.25) is 9.69 Å². The Balaban J connectivity index is 1.16. The number of likely N-dealkylation sites (tertiary alicyclic amines) is 1. The molecule has 2 aliphatic heterocycles. The highest BCUT2D eigenvalue weighted by atomic mass is 35.5. The molecule has 1 aromatic heterocycles. The van der Waals surface area contributed by atoms with Crippen molar-refractivity contribution in [3.63, 3.8) is 0 Å². The molecule has 3 heterocycles. The topological polar surface area (TPSA) is 70.9 Å². The van der Waals surface area contributed by atoms with Crippen molar-refractivity contribution < 1.29 is 14.3 Å². The van der Waals surface area contributed by atoms with Crippen molar-refractivity contribution in [3.05, 3.63) is 52.8 Å². The van der Waals surface area contributed by atoms with Gasteiger partial charge in [0.05, 0.1) is 25.0 Å². The largest absolute Gasteiger partial charge is 0.378 e. The fourth-order valence-electron chi connectivity index (χ4n) is 5.44. The number of fused-ring (bicyclic) bond motifs is 1. The molecule has 0 unspecified atom stereocenters. The van der Waals surface area contributed by atoms with Crippen LogP contribution >= 0.6 is 11.6 Å². The standard InChI is InChI=1S/C24H30ClN5O3/c1-27(13-17-4-2-3-5-22(17)25)21-10-18-14-29(15-19(18)11-21)24(32)30-16-20(12-26-30)23(31)28-6-8-33-9-7-28/h2-5,12,16,18-19,21H,6-11,13-15H2,1H3/t18-,19+,21+. The predicted octanol–water partition coefficient (Wildman–Crippen LogP) is 2.82. The van der Waals surface area contributed by atoms with Gasteiger partial charge in [0.15, 0.2) is 0 Å². The summed E-state index contributed by atoms with van der Waals surface area (Å²) in [4.78, 5) is 31.7. The van der Waals surface area contributed by atoms with E-state index in [0.29, 0.717) is 49.7 Å². The first-order chi connectivity index (χ1) is 16.0. The van der Waals surface area contributed by atoms with E-state index in [2.05, 4.69) is 23.1 Å². The van der Waals surface area contributed by atoms with Crippen molar-refractivity contribution in [2.24, 2.45) is 11.8 Å². The molecule has 0 N–H and O–H groups in total. The average Bonchev–Trinajstić information content (AvgIpc) is 3.55. The van der Waals surface area contributed by atoms with Crippen LogP contribution in [0, 0.1) is 11.8 Å². The minimum absolute atomic E-state index is 0.0972. The fourth-order valence-corrected chi connectivity index (χ4v) is 5.64. The van der Waals surface area contributed by atoms with Gasteiger partial charge in [0.25, 0.3) is 5.91 Å². The van der Waals surface area contributed by atoms with E-state index in [9.17, 15) is 9.59 Å². The van der Waals surface area contributed by atoms with E-state index in [1.165, 1.54) is 10.9 Å². The summed E-state index contributed by atoms with van der Waals surface area (Å²) in [7, 11) is 2.16. The molecule has 1 aromatic carbocycles. The number of hydrogen-bond donors (Lipinski definition) is 0. The van der Waals surface area contributed by atoms with Crippen LogP contribution in [0.2, 0.25) is 5.02 Å². The molecule has 3 atom stereocenters. The van der Waals surface area contributed by atoms with Crippen LogP contribution in [-0.4, -0.2) is 88.9 Å². The molecule has 3 fully saturated rings. The normalized spacial score (nSPS) is 25.0. The lowest BCUT2D eigenvalue weighted by atomic mass is 10.0. The molecule has 2 amide bonds. The highest BCUT2D eigenvalue weighted by Gasteiger charge is 2.43. The lowest BCUT2D eigenvalue weighted by Crippen LogP contribution is -2.40. The van der Waals surface area contributed by atoms with Crippen molar-refractivity contribution in [2.45, 2.75) is 25.4 Å². The maximum atomic E-state index is 13.0. The van der Waals surface area contributed by atoms with Crippen LogP contribution in [0.15, 0.2) is 36.7 Å². The molecular weight excluding hydrogens is 442 g/mol. The van der Waals surface area contributed by atoms with E-state index in [0.717, 1.165) is 43.1 Å². The van der Waals surface area contributed by atoms with Crippen LogP contribution in [0.1, 0.15) is 28.8 Å². The van der Waals surface area contributed by atoms with Crippen molar-refractivity contribution in [1.82, 2.24) is 24.5 Å². The lowest BCUT2D eigenvalue weighted by molar-refractivity contribution is 0.0303. The third kappa shape index (κ3) is 4.65. The van der Waals surface area contributed by atoms with Gasteiger partial charge in [-0.05, 0) is 43.4 Å². The molecule has 0 bridgehead atoms. The minimum atomic E-state index is -0.147. The van der Waals surface area contributed by atoms with Gasteiger partial charge in [-0.1, -0.05) is 29.8 Å². The minimum Gasteiger partial charge on any atom is -0.378 e. The van der Waals surface area contributed by atoms with E-state index in [4.69, 9.17) is 16.3 Å². The van der Waals surface area contributed by atoms with Crippen molar-refractivity contribution in [1.29, 1.82) is 0 Å². The molecule has 8 nitrogen and oxygen atoms in total. The second-order valence-electron chi connectivity index (χ2n) is 9.42. The highest BCUT2D eigenvalue weighted by molar-refractivity contribution is 6.31. The molecular formula is C24H30ClN5O3. The van der Waals surface area contributed by atoms with Gasteiger partial charge >= 0.3 is 6.03 Å². The van der Waals surface area contributed by atoms with Gasteiger partial charge in [-0.15, -0.1) is 0 Å². The number of aromatic nitrogens is 2. The van der Waals surface area contributed by atoms with Crippen molar-refractivity contribution in [3.8, 4) is 0 Å². The number of halogens is 1. The van der Waals surface area contributed by atoms with Gasteiger partial charge < -0.3 is 14.5 Å². The second kappa shape index (κ2) is 9.44. The molecule has 2 saturated heterocycles. The summed E-state index contributed by atoms with van der Waals surface area (Å²) in [6.07, 6.45) is 5.21. The van der Waals surface area contributed by atoms with E-state index < -0.39 is 0 Å². The highest BCUT2D eigenvalue weighted by Crippen LogP contribution is 2.40. The Morgan fingerprint density at radius 2 is 1.82 bits per heavy atom. The molecule has 0 spiro atoms. The Morgan fingerprint density at radius 3 is 2.52 bits per heavy atom. The van der Waals surface area contributed by atoms with Gasteiger partial charge in [0.2, 0.25) is 0 Å². The second-order valence-corrected chi connectivity index (χ2v) is 9.82. The lowest BCUT2D eigenvalue weighted by Gasteiger charge is -2.27. The number of hydrogen-bond acceptors (Lipinski definition) is 5. The first kappa shape index (κ1) is 22.4. The van der Waals surface area contributed by atoms with Crippen LogP contribution in [0.3, 0.4) is 0 Å². The van der Waals surface area contributed by atoms with Gasteiger partial charge in [-0.2, -0.15) is 9.78 Å². The van der Waals surface area contributed by atoms with Crippen LogP contribution < -0.4 is 0 Å². The van der Waals surface area contributed by atoms with Crippen LogP contribution in [-0.2, 0) is 11.3 Å². The number of morpholine rings is 1. The Labute approximate surface area is 199 Å². The Kier molecular flexibility index (Phi) is 6.40. The predicted molar refractivity (Wildman–Crippen MR) is 124 cm³/mol. The number of amides is 2. The summed E-state index contributed by atoms with van der Waals surface area (Å²) < 4.78 is 6.62. The molecule has 1 aliphatic carbocycles. The number of carbonyl (C=O) groups is 2. The summed E-state index contributed by atoms with van der Waals surface area (Å²) in [5.41, 5.74) is 1.60. The molecule has 0 radical (unpaired) electrons. The average molecular weight is 472 g/mol. The summed E-state index contributed by atoms with van der Waals surface area (Å²) in [5.74, 6) is 0.898. The summed E-state index contributed by atoms with van der Waals surface area (Å²) in [6.45, 7) is 4.55. The zero-order valence-corrected chi connectivity index (χ0v) is 19.7. The van der Waals surface area contributed by atoms with Crippen LogP contribution in [0.25, 0.3) is 0 Å². The summed E-state index contributed by atoms with van der Waals surface area (Å²) in [5, 5.41) is 5.00. The zero-order chi connectivity index (χ0) is 22.9.